The minimum Gasteiger partial charge on any atom is -0.460 e. The van der Waals surface area contributed by atoms with Crippen LogP contribution in [-0.2, 0) is 36.9 Å². The predicted molar refractivity (Wildman–Crippen MR) is 123 cm³/mol. The summed E-state index contributed by atoms with van der Waals surface area (Å²) in [5.41, 5.74) is 1.22. The van der Waals surface area contributed by atoms with Crippen LogP contribution >= 0.6 is 0 Å². The molecule has 2 rings (SSSR count). The van der Waals surface area contributed by atoms with Gasteiger partial charge in [-0.15, -0.1) is 0 Å². The van der Waals surface area contributed by atoms with Crippen molar-refractivity contribution in [2.45, 2.75) is 65.2 Å². The van der Waals surface area contributed by atoms with Crippen LogP contribution in [-0.4, -0.2) is 29.5 Å². The number of rotatable bonds is 10. The van der Waals surface area contributed by atoms with Crippen LogP contribution in [0.3, 0.4) is 0 Å². The number of carbonyl (C=O) groups excluding carboxylic acids is 3. The van der Waals surface area contributed by atoms with E-state index in [9.17, 15) is 14.4 Å². The van der Waals surface area contributed by atoms with E-state index in [1.54, 1.807) is 27.7 Å². The third-order valence-electron chi connectivity index (χ3n) is 4.76. The van der Waals surface area contributed by atoms with Crippen molar-refractivity contribution < 1.29 is 23.9 Å². The van der Waals surface area contributed by atoms with Crippen molar-refractivity contribution in [1.82, 2.24) is 5.32 Å². The third-order valence-corrected chi connectivity index (χ3v) is 4.76. The zero-order valence-corrected chi connectivity index (χ0v) is 19.3. The standard InChI is InChI=1S/C26H33NO5/c1-19(15-16-23(28)32-26(2,3)4)24(29)27-22(17-20-11-7-5-8-12-20)25(30)31-18-21-13-9-6-10-14-21/h5-14,19,22H,15-18H2,1-4H3,(H,27,29)/t19-,22+/m0/s1. The second kappa shape index (κ2) is 12.0. The number of carbonyl (C=O) groups is 3. The van der Waals surface area contributed by atoms with Gasteiger partial charge in [-0.25, -0.2) is 4.79 Å². The second-order valence-electron chi connectivity index (χ2n) is 8.87. The molecule has 6 heteroatoms. The van der Waals surface area contributed by atoms with E-state index in [0.717, 1.165) is 11.1 Å². The van der Waals surface area contributed by atoms with Crippen LogP contribution in [0.25, 0.3) is 0 Å². The van der Waals surface area contributed by atoms with Crippen molar-refractivity contribution in [3.05, 3.63) is 71.8 Å². The van der Waals surface area contributed by atoms with Crippen molar-refractivity contribution in [3.63, 3.8) is 0 Å². The molecule has 0 aliphatic rings. The zero-order valence-electron chi connectivity index (χ0n) is 19.3. The van der Waals surface area contributed by atoms with Gasteiger partial charge in [-0.3, -0.25) is 9.59 Å². The van der Waals surface area contributed by atoms with Crippen molar-refractivity contribution >= 4 is 17.8 Å². The first kappa shape index (κ1) is 25.1. The van der Waals surface area contributed by atoms with E-state index in [1.807, 2.05) is 60.7 Å². The van der Waals surface area contributed by atoms with Crippen LogP contribution in [0.4, 0.5) is 0 Å². The van der Waals surface area contributed by atoms with Gasteiger partial charge >= 0.3 is 11.9 Å². The lowest BCUT2D eigenvalue weighted by Crippen LogP contribution is -2.45. The highest BCUT2D eigenvalue weighted by molar-refractivity contribution is 5.86. The van der Waals surface area contributed by atoms with Gasteiger partial charge in [0.05, 0.1) is 0 Å². The molecular formula is C26H33NO5. The Bertz CT molecular complexity index is 874. The van der Waals surface area contributed by atoms with Gasteiger partial charge < -0.3 is 14.8 Å². The Kier molecular flexibility index (Phi) is 9.44. The van der Waals surface area contributed by atoms with Crippen LogP contribution in [0.1, 0.15) is 51.7 Å². The third kappa shape index (κ3) is 9.33. The minimum atomic E-state index is -0.822. The summed E-state index contributed by atoms with van der Waals surface area (Å²) in [4.78, 5) is 37.5. The largest absolute Gasteiger partial charge is 0.460 e. The van der Waals surface area contributed by atoms with E-state index in [2.05, 4.69) is 5.32 Å². The molecule has 0 unspecified atom stereocenters. The van der Waals surface area contributed by atoms with Crippen LogP contribution in [0, 0.1) is 5.92 Å². The van der Waals surface area contributed by atoms with E-state index in [0.29, 0.717) is 12.8 Å². The maximum Gasteiger partial charge on any atom is 0.329 e. The van der Waals surface area contributed by atoms with Gasteiger partial charge in [0.1, 0.15) is 18.2 Å². The summed E-state index contributed by atoms with van der Waals surface area (Å²) in [6.45, 7) is 7.27. The Morgan fingerprint density at radius 2 is 1.47 bits per heavy atom. The molecule has 0 bridgehead atoms. The fraction of sp³-hybridized carbons (Fsp3) is 0.423. The zero-order chi connectivity index (χ0) is 23.6. The molecule has 2 aromatic carbocycles. The maximum atomic E-state index is 12.8. The SMILES string of the molecule is C[C@@H](CCC(=O)OC(C)(C)C)C(=O)N[C@H](Cc1ccccc1)C(=O)OCc1ccccc1. The average Bonchev–Trinajstić information content (AvgIpc) is 2.75. The molecule has 172 valence electrons. The quantitative estimate of drug-likeness (QED) is 0.561. The van der Waals surface area contributed by atoms with Crippen molar-refractivity contribution in [3.8, 4) is 0 Å². The van der Waals surface area contributed by atoms with Gasteiger partial charge in [-0.2, -0.15) is 0 Å². The summed E-state index contributed by atoms with van der Waals surface area (Å²) in [7, 11) is 0. The summed E-state index contributed by atoms with van der Waals surface area (Å²) in [6, 6.07) is 18.0. The summed E-state index contributed by atoms with van der Waals surface area (Å²) in [5, 5.41) is 2.81. The maximum absolute atomic E-state index is 12.8. The molecule has 6 nitrogen and oxygen atoms in total. The van der Waals surface area contributed by atoms with Crippen LogP contribution in [0.2, 0.25) is 0 Å². The number of hydrogen-bond donors (Lipinski definition) is 1. The summed E-state index contributed by atoms with van der Waals surface area (Å²) < 4.78 is 10.8. The molecule has 32 heavy (non-hydrogen) atoms. The fourth-order valence-corrected chi connectivity index (χ4v) is 3.04. The average molecular weight is 440 g/mol. The van der Waals surface area contributed by atoms with Crippen LogP contribution in [0.5, 0.6) is 0 Å². The normalized spacial score (nSPS) is 13.0. The van der Waals surface area contributed by atoms with Gasteiger partial charge in [-0.05, 0) is 38.3 Å². The molecule has 0 aliphatic carbocycles. The van der Waals surface area contributed by atoms with Gasteiger partial charge in [0.2, 0.25) is 5.91 Å². The Balaban J connectivity index is 1.97. The molecule has 0 radical (unpaired) electrons. The number of benzene rings is 2. The van der Waals surface area contributed by atoms with Gasteiger partial charge in [0.25, 0.3) is 0 Å². The number of amides is 1. The molecule has 0 saturated heterocycles. The molecule has 0 aromatic heterocycles. The lowest BCUT2D eigenvalue weighted by Gasteiger charge is -2.21. The predicted octanol–water partition coefficient (Wildman–Crippen LogP) is 4.22. The molecule has 0 heterocycles. The Labute approximate surface area is 190 Å². The molecule has 0 saturated carbocycles. The molecule has 1 N–H and O–H groups in total. The minimum absolute atomic E-state index is 0.133. The lowest BCUT2D eigenvalue weighted by molar-refractivity contribution is -0.155. The molecule has 0 aliphatic heterocycles. The second-order valence-corrected chi connectivity index (χ2v) is 8.87. The summed E-state index contributed by atoms with van der Waals surface area (Å²) >= 11 is 0. The first-order chi connectivity index (χ1) is 15.1. The smallest absolute Gasteiger partial charge is 0.329 e. The molecule has 2 aromatic rings. The number of hydrogen-bond acceptors (Lipinski definition) is 5. The van der Waals surface area contributed by atoms with E-state index in [4.69, 9.17) is 9.47 Å². The topological polar surface area (TPSA) is 81.7 Å². The summed E-state index contributed by atoms with van der Waals surface area (Å²) in [5.74, 6) is -1.60. The number of nitrogens with one attached hydrogen (secondary N) is 1. The van der Waals surface area contributed by atoms with E-state index in [-0.39, 0.29) is 24.9 Å². The van der Waals surface area contributed by atoms with Crippen molar-refractivity contribution in [1.29, 1.82) is 0 Å². The highest BCUT2D eigenvalue weighted by Gasteiger charge is 2.26. The van der Waals surface area contributed by atoms with E-state index in [1.165, 1.54) is 0 Å². The molecule has 2 atom stereocenters. The molecule has 1 amide bonds. The molecule has 0 fully saturated rings. The number of ether oxygens (including phenoxy) is 2. The fourth-order valence-electron chi connectivity index (χ4n) is 3.04. The molecule has 0 spiro atoms. The number of esters is 2. The van der Waals surface area contributed by atoms with Crippen molar-refractivity contribution in [2.24, 2.45) is 5.92 Å². The Hall–Kier alpha value is -3.15. The van der Waals surface area contributed by atoms with Crippen molar-refractivity contribution in [2.75, 3.05) is 0 Å². The van der Waals surface area contributed by atoms with Gasteiger partial charge in [0, 0.05) is 18.8 Å². The van der Waals surface area contributed by atoms with Crippen LogP contribution in [0.15, 0.2) is 60.7 Å². The van der Waals surface area contributed by atoms with E-state index < -0.39 is 23.5 Å². The first-order valence-electron chi connectivity index (χ1n) is 10.9. The monoisotopic (exact) mass is 439 g/mol. The Morgan fingerprint density at radius 1 is 0.906 bits per heavy atom. The van der Waals surface area contributed by atoms with E-state index >= 15 is 0 Å². The van der Waals surface area contributed by atoms with Gasteiger partial charge in [0.15, 0.2) is 0 Å². The van der Waals surface area contributed by atoms with Crippen LogP contribution < -0.4 is 5.32 Å². The lowest BCUT2D eigenvalue weighted by atomic mass is 10.0. The molecular weight excluding hydrogens is 406 g/mol. The highest BCUT2D eigenvalue weighted by atomic mass is 16.6. The highest BCUT2D eigenvalue weighted by Crippen LogP contribution is 2.14. The van der Waals surface area contributed by atoms with Gasteiger partial charge in [-0.1, -0.05) is 67.6 Å². The first-order valence-corrected chi connectivity index (χ1v) is 10.9. The summed E-state index contributed by atoms with van der Waals surface area (Å²) in [6.07, 6.45) is 0.782. The Morgan fingerprint density at radius 3 is 2.03 bits per heavy atom.